The van der Waals surface area contributed by atoms with Crippen LogP contribution in [0.5, 0.6) is 11.5 Å². The Labute approximate surface area is 112 Å². The fraction of sp³-hybridized carbons (Fsp3) is 0.188. The van der Waals surface area contributed by atoms with Gasteiger partial charge in [0.2, 0.25) is 0 Å². The molecule has 0 unspecified atom stereocenters. The van der Waals surface area contributed by atoms with E-state index in [1.54, 1.807) is 31.4 Å². The lowest BCUT2D eigenvalue weighted by atomic mass is 10.1. The van der Waals surface area contributed by atoms with Gasteiger partial charge in [0, 0.05) is 0 Å². The number of hydrogen-bond acceptors (Lipinski definition) is 3. The van der Waals surface area contributed by atoms with E-state index in [1.165, 1.54) is 0 Å². The van der Waals surface area contributed by atoms with E-state index in [1.807, 2.05) is 32.0 Å². The number of hydrogen-bond donors (Lipinski definition) is 0. The molecule has 0 aliphatic rings. The van der Waals surface area contributed by atoms with E-state index in [0.29, 0.717) is 17.1 Å². The number of carbonyl (C=O) groups is 1. The van der Waals surface area contributed by atoms with Crippen molar-refractivity contribution in [1.82, 2.24) is 0 Å². The van der Waals surface area contributed by atoms with Gasteiger partial charge in [-0.2, -0.15) is 0 Å². The predicted molar refractivity (Wildman–Crippen MR) is 73.9 cm³/mol. The molecular weight excluding hydrogens is 240 g/mol. The molecule has 0 radical (unpaired) electrons. The Hall–Kier alpha value is -2.29. The summed E-state index contributed by atoms with van der Waals surface area (Å²) in [4.78, 5) is 12.0. The van der Waals surface area contributed by atoms with Gasteiger partial charge in [-0.3, -0.25) is 0 Å². The summed E-state index contributed by atoms with van der Waals surface area (Å²) in [7, 11) is 1.56. The molecule has 0 fully saturated rings. The minimum Gasteiger partial charge on any atom is -0.497 e. The number of aryl methyl sites for hydroxylation is 2. The smallest absolute Gasteiger partial charge is 0.343 e. The van der Waals surface area contributed by atoms with Gasteiger partial charge in [0.1, 0.15) is 11.5 Å². The van der Waals surface area contributed by atoms with Gasteiger partial charge in [-0.25, -0.2) is 4.79 Å². The lowest BCUT2D eigenvalue weighted by molar-refractivity contribution is 0.0733. The van der Waals surface area contributed by atoms with Crippen molar-refractivity contribution >= 4 is 5.97 Å². The first kappa shape index (κ1) is 13.1. The molecule has 0 atom stereocenters. The predicted octanol–water partition coefficient (Wildman–Crippen LogP) is 3.53. The van der Waals surface area contributed by atoms with Crippen molar-refractivity contribution in [2.45, 2.75) is 13.8 Å². The molecule has 3 nitrogen and oxygen atoms in total. The van der Waals surface area contributed by atoms with Gasteiger partial charge in [0.25, 0.3) is 0 Å². The monoisotopic (exact) mass is 256 g/mol. The summed E-state index contributed by atoms with van der Waals surface area (Å²) in [5.41, 5.74) is 2.55. The second-order valence-electron chi connectivity index (χ2n) is 4.39. The molecule has 0 bridgehead atoms. The molecule has 0 spiro atoms. The molecule has 0 aromatic heterocycles. The zero-order chi connectivity index (χ0) is 13.8. The van der Waals surface area contributed by atoms with Gasteiger partial charge in [-0.05, 0) is 43.7 Å². The highest BCUT2D eigenvalue weighted by Crippen LogP contribution is 2.21. The fourth-order valence-electron chi connectivity index (χ4n) is 1.82. The molecule has 0 aliphatic carbocycles. The maximum absolute atomic E-state index is 12.0. The largest absolute Gasteiger partial charge is 0.497 e. The first-order valence-corrected chi connectivity index (χ1v) is 6.03. The standard InChI is InChI=1S/C16H16O3/c1-11-7-8-15(12(2)9-11)19-16(17)13-5-4-6-14(10-13)18-3/h4-10H,1-3H3. The maximum atomic E-state index is 12.0. The highest BCUT2D eigenvalue weighted by molar-refractivity contribution is 5.91. The van der Waals surface area contributed by atoms with Crippen molar-refractivity contribution in [3.05, 3.63) is 59.2 Å². The first-order valence-electron chi connectivity index (χ1n) is 6.03. The van der Waals surface area contributed by atoms with Gasteiger partial charge in [0.15, 0.2) is 0 Å². The highest BCUT2D eigenvalue weighted by atomic mass is 16.5. The molecule has 0 saturated heterocycles. The number of rotatable bonds is 3. The quantitative estimate of drug-likeness (QED) is 0.622. The number of benzene rings is 2. The minimum absolute atomic E-state index is 0.383. The van der Waals surface area contributed by atoms with E-state index in [4.69, 9.17) is 9.47 Å². The molecule has 0 aliphatic heterocycles. The molecule has 0 N–H and O–H groups in total. The van der Waals surface area contributed by atoms with Crippen LogP contribution in [0.1, 0.15) is 21.5 Å². The van der Waals surface area contributed by atoms with Crippen molar-refractivity contribution in [3.63, 3.8) is 0 Å². The van der Waals surface area contributed by atoms with Crippen LogP contribution in [0, 0.1) is 13.8 Å². The minimum atomic E-state index is -0.383. The first-order chi connectivity index (χ1) is 9.10. The highest BCUT2D eigenvalue weighted by Gasteiger charge is 2.11. The Morgan fingerprint density at radius 3 is 2.53 bits per heavy atom. The average Bonchev–Trinajstić information content (AvgIpc) is 2.42. The summed E-state index contributed by atoms with van der Waals surface area (Å²) in [5, 5.41) is 0. The van der Waals surface area contributed by atoms with Crippen molar-refractivity contribution in [2.75, 3.05) is 7.11 Å². The number of carbonyl (C=O) groups excluding carboxylic acids is 1. The molecule has 2 aromatic rings. The Balaban J connectivity index is 2.20. The van der Waals surface area contributed by atoms with Crippen LogP contribution >= 0.6 is 0 Å². The number of ether oxygens (including phenoxy) is 2. The number of methoxy groups -OCH3 is 1. The van der Waals surface area contributed by atoms with Gasteiger partial charge in [-0.1, -0.05) is 23.8 Å². The molecule has 3 heteroatoms. The third kappa shape index (κ3) is 3.13. The molecule has 0 saturated carbocycles. The normalized spacial score (nSPS) is 10.1. The molecule has 2 aromatic carbocycles. The van der Waals surface area contributed by atoms with Crippen molar-refractivity contribution in [2.24, 2.45) is 0 Å². The Kier molecular flexibility index (Phi) is 3.85. The second kappa shape index (κ2) is 5.57. The van der Waals surface area contributed by atoms with Crippen molar-refractivity contribution < 1.29 is 14.3 Å². The van der Waals surface area contributed by atoms with E-state index < -0.39 is 0 Å². The maximum Gasteiger partial charge on any atom is 0.343 e. The van der Waals surface area contributed by atoms with Gasteiger partial charge >= 0.3 is 5.97 Å². The van der Waals surface area contributed by atoms with E-state index in [0.717, 1.165) is 11.1 Å². The summed E-state index contributed by atoms with van der Waals surface area (Å²) in [6.45, 7) is 3.92. The van der Waals surface area contributed by atoms with E-state index in [9.17, 15) is 4.79 Å². The van der Waals surface area contributed by atoms with Crippen LogP contribution in [0.2, 0.25) is 0 Å². The van der Waals surface area contributed by atoms with Gasteiger partial charge < -0.3 is 9.47 Å². The Morgan fingerprint density at radius 1 is 1.05 bits per heavy atom. The molecule has 0 amide bonds. The van der Waals surface area contributed by atoms with Crippen LogP contribution in [-0.4, -0.2) is 13.1 Å². The van der Waals surface area contributed by atoms with E-state index in [2.05, 4.69) is 0 Å². The van der Waals surface area contributed by atoms with Crippen LogP contribution in [-0.2, 0) is 0 Å². The topological polar surface area (TPSA) is 35.5 Å². The summed E-state index contributed by atoms with van der Waals surface area (Å²) in [5.74, 6) is 0.833. The Bertz CT molecular complexity index is 603. The zero-order valence-electron chi connectivity index (χ0n) is 11.3. The summed E-state index contributed by atoms with van der Waals surface area (Å²) in [6, 6.07) is 12.6. The van der Waals surface area contributed by atoms with Crippen molar-refractivity contribution in [1.29, 1.82) is 0 Å². The van der Waals surface area contributed by atoms with Crippen LogP contribution in [0.3, 0.4) is 0 Å². The van der Waals surface area contributed by atoms with Gasteiger partial charge in [0.05, 0.1) is 12.7 Å². The Morgan fingerprint density at radius 2 is 1.84 bits per heavy atom. The molecule has 19 heavy (non-hydrogen) atoms. The van der Waals surface area contributed by atoms with Gasteiger partial charge in [-0.15, -0.1) is 0 Å². The molecule has 98 valence electrons. The molecular formula is C16H16O3. The second-order valence-corrected chi connectivity index (χ2v) is 4.39. The third-order valence-electron chi connectivity index (χ3n) is 2.84. The van der Waals surface area contributed by atoms with E-state index >= 15 is 0 Å². The summed E-state index contributed by atoms with van der Waals surface area (Å²) >= 11 is 0. The average molecular weight is 256 g/mol. The third-order valence-corrected chi connectivity index (χ3v) is 2.84. The van der Waals surface area contributed by atoms with Crippen LogP contribution in [0.4, 0.5) is 0 Å². The molecule has 2 rings (SSSR count). The van der Waals surface area contributed by atoms with Crippen LogP contribution in [0.25, 0.3) is 0 Å². The van der Waals surface area contributed by atoms with Crippen LogP contribution in [0.15, 0.2) is 42.5 Å². The lowest BCUT2D eigenvalue weighted by Crippen LogP contribution is -2.09. The van der Waals surface area contributed by atoms with Crippen LogP contribution < -0.4 is 9.47 Å². The fourth-order valence-corrected chi connectivity index (χ4v) is 1.82. The summed E-state index contributed by atoms with van der Waals surface area (Å²) < 4.78 is 10.5. The van der Waals surface area contributed by atoms with Crippen molar-refractivity contribution in [3.8, 4) is 11.5 Å². The number of esters is 1. The van der Waals surface area contributed by atoms with E-state index in [-0.39, 0.29) is 5.97 Å². The molecule has 0 heterocycles. The summed E-state index contributed by atoms with van der Waals surface area (Å²) in [6.07, 6.45) is 0. The lowest BCUT2D eigenvalue weighted by Gasteiger charge is -2.08. The zero-order valence-corrected chi connectivity index (χ0v) is 11.3. The SMILES string of the molecule is COc1cccc(C(=O)Oc2ccc(C)cc2C)c1.